The summed E-state index contributed by atoms with van der Waals surface area (Å²) in [6, 6.07) is 0. The highest BCUT2D eigenvalue weighted by Crippen LogP contribution is 2.12. The van der Waals surface area contributed by atoms with Crippen molar-refractivity contribution in [3.8, 4) is 0 Å². The Hall–Kier alpha value is -0.0500. The number of hydrogen-bond donors (Lipinski definition) is 0. The van der Waals surface area contributed by atoms with Crippen LogP contribution in [0.15, 0.2) is 0 Å². The van der Waals surface area contributed by atoms with Crippen LogP contribution in [-0.4, -0.2) is 14.2 Å². The van der Waals surface area contributed by atoms with Gasteiger partial charge in [0, 0.05) is 0 Å². The molecular weight excluding hydrogens is 100 g/mol. The fourth-order valence-corrected chi connectivity index (χ4v) is 0.931. The second-order valence-electron chi connectivity index (χ2n) is 1.32. The maximum Gasteiger partial charge on any atom is 0.154 e. The van der Waals surface area contributed by atoms with E-state index in [1.165, 1.54) is 5.75 Å². The minimum atomic E-state index is -2.61. The summed E-state index contributed by atoms with van der Waals surface area (Å²) in [6.45, 7) is 0. The van der Waals surface area contributed by atoms with Gasteiger partial charge in [0.25, 0.3) is 0 Å². The number of rotatable bonds is 0. The van der Waals surface area contributed by atoms with Gasteiger partial charge >= 0.3 is 0 Å². The second kappa shape index (κ2) is 0.964. The largest absolute Gasteiger partial charge is 0.229 e. The van der Waals surface area contributed by atoms with E-state index < -0.39 is 9.84 Å². The summed E-state index contributed by atoms with van der Waals surface area (Å²) in [5.74, 6) is 1.71. The molecule has 0 aromatic heterocycles. The van der Waals surface area contributed by atoms with Crippen molar-refractivity contribution in [2.75, 3.05) is 5.75 Å². The van der Waals surface area contributed by atoms with Crippen molar-refractivity contribution in [1.82, 2.24) is 0 Å². The van der Waals surface area contributed by atoms with Crippen LogP contribution in [0.5, 0.6) is 0 Å². The van der Waals surface area contributed by atoms with Crippen molar-refractivity contribution in [2.45, 2.75) is 6.42 Å². The topological polar surface area (TPSA) is 34.1 Å². The highest BCUT2D eigenvalue weighted by atomic mass is 32.2. The van der Waals surface area contributed by atoms with Gasteiger partial charge in [-0.25, -0.2) is 8.42 Å². The Balaban J connectivity index is 2.78. The molecule has 2 nitrogen and oxygen atoms in total. The lowest BCUT2D eigenvalue weighted by molar-refractivity contribution is 0.590. The van der Waals surface area contributed by atoms with E-state index in [1.807, 2.05) is 0 Å². The second-order valence-corrected chi connectivity index (χ2v) is 3.39. The molecular formula is C3H5O2S. The van der Waals surface area contributed by atoms with Crippen LogP contribution in [0, 0.1) is 5.75 Å². The van der Waals surface area contributed by atoms with Crippen LogP contribution in [0.2, 0.25) is 0 Å². The lowest BCUT2D eigenvalue weighted by atomic mass is 10.5. The van der Waals surface area contributed by atoms with Gasteiger partial charge in [0.1, 0.15) is 0 Å². The minimum Gasteiger partial charge on any atom is -0.229 e. The standard InChI is InChI=1S/C3H5O2S/c4-6(5)2-1-3-6/h2H,1,3H2. The first-order valence-electron chi connectivity index (χ1n) is 1.77. The summed E-state index contributed by atoms with van der Waals surface area (Å²) in [5, 5.41) is 0. The van der Waals surface area contributed by atoms with E-state index in [9.17, 15) is 8.42 Å². The molecule has 0 aromatic carbocycles. The molecule has 1 fully saturated rings. The van der Waals surface area contributed by atoms with Crippen molar-refractivity contribution in [3.63, 3.8) is 0 Å². The van der Waals surface area contributed by atoms with Crippen molar-refractivity contribution in [1.29, 1.82) is 0 Å². The summed E-state index contributed by atoms with van der Waals surface area (Å²) in [7, 11) is -2.61. The third-order valence-electron chi connectivity index (χ3n) is 0.774. The van der Waals surface area contributed by atoms with Gasteiger partial charge in [0.2, 0.25) is 0 Å². The Morgan fingerprint density at radius 3 is 1.83 bits per heavy atom. The van der Waals surface area contributed by atoms with E-state index >= 15 is 0 Å². The Morgan fingerprint density at radius 1 is 1.50 bits per heavy atom. The van der Waals surface area contributed by atoms with E-state index in [2.05, 4.69) is 0 Å². The molecule has 0 atom stereocenters. The summed E-state index contributed by atoms with van der Waals surface area (Å²) in [6.07, 6.45) is 0.752. The Labute approximate surface area is 37.1 Å². The van der Waals surface area contributed by atoms with Crippen LogP contribution in [0.25, 0.3) is 0 Å². The van der Waals surface area contributed by atoms with Crippen molar-refractivity contribution in [3.05, 3.63) is 5.75 Å². The summed E-state index contributed by atoms with van der Waals surface area (Å²) >= 11 is 0. The van der Waals surface area contributed by atoms with Crippen LogP contribution in [0.3, 0.4) is 0 Å². The molecule has 1 heterocycles. The molecule has 0 unspecified atom stereocenters. The zero-order valence-corrected chi connectivity index (χ0v) is 4.03. The van der Waals surface area contributed by atoms with E-state index in [4.69, 9.17) is 0 Å². The molecule has 1 radical (unpaired) electrons. The molecule has 0 bridgehead atoms. The van der Waals surface area contributed by atoms with Gasteiger partial charge in [-0.05, 0) is 6.42 Å². The molecule has 0 saturated carbocycles. The molecule has 0 aromatic rings. The van der Waals surface area contributed by atoms with Crippen molar-refractivity contribution < 1.29 is 8.42 Å². The maximum atomic E-state index is 10.0. The van der Waals surface area contributed by atoms with Crippen molar-refractivity contribution >= 4 is 9.84 Å². The van der Waals surface area contributed by atoms with Gasteiger partial charge in [-0.3, -0.25) is 0 Å². The molecule has 3 heteroatoms. The predicted molar refractivity (Wildman–Crippen MR) is 22.7 cm³/mol. The molecule has 6 heavy (non-hydrogen) atoms. The van der Waals surface area contributed by atoms with Crippen LogP contribution in [0.4, 0.5) is 0 Å². The summed E-state index contributed by atoms with van der Waals surface area (Å²) < 4.78 is 20.1. The fourth-order valence-electron chi connectivity index (χ4n) is 0.310. The van der Waals surface area contributed by atoms with Crippen LogP contribution >= 0.6 is 0 Å². The highest BCUT2D eigenvalue weighted by molar-refractivity contribution is 7.94. The molecule has 0 aliphatic carbocycles. The third-order valence-corrected chi connectivity index (χ3v) is 2.32. The number of hydrogen-bond acceptors (Lipinski definition) is 2. The van der Waals surface area contributed by atoms with Gasteiger partial charge in [-0.2, -0.15) is 0 Å². The smallest absolute Gasteiger partial charge is 0.154 e. The quantitative estimate of drug-likeness (QED) is 0.433. The minimum absolute atomic E-state index is 0.368. The normalized spacial score (nSPS) is 28.7. The molecule has 1 saturated heterocycles. The van der Waals surface area contributed by atoms with Crippen LogP contribution < -0.4 is 0 Å². The molecule has 1 aliphatic heterocycles. The lowest BCUT2D eigenvalue weighted by Gasteiger charge is -2.08. The van der Waals surface area contributed by atoms with E-state index in [-0.39, 0.29) is 0 Å². The molecule has 1 aliphatic rings. The Kier molecular flexibility index (Phi) is 0.662. The SMILES string of the molecule is O=S1(=O)[CH]CC1. The Bertz CT molecular complexity index is 123. The van der Waals surface area contributed by atoms with Gasteiger partial charge in [0.15, 0.2) is 9.84 Å². The molecule has 0 amide bonds. The zero-order chi connectivity index (χ0) is 4.62. The average molecular weight is 105 g/mol. The molecule has 0 N–H and O–H groups in total. The van der Waals surface area contributed by atoms with Crippen LogP contribution in [-0.2, 0) is 9.84 Å². The van der Waals surface area contributed by atoms with Gasteiger partial charge in [-0.15, -0.1) is 0 Å². The van der Waals surface area contributed by atoms with E-state index in [0.29, 0.717) is 5.75 Å². The van der Waals surface area contributed by atoms with E-state index in [0.717, 1.165) is 6.42 Å². The maximum absolute atomic E-state index is 10.0. The summed E-state index contributed by atoms with van der Waals surface area (Å²) in [4.78, 5) is 0. The lowest BCUT2D eigenvalue weighted by Crippen LogP contribution is -2.17. The zero-order valence-electron chi connectivity index (χ0n) is 3.22. The molecule has 1 rings (SSSR count). The number of sulfone groups is 1. The highest BCUT2D eigenvalue weighted by Gasteiger charge is 2.20. The molecule has 0 spiro atoms. The van der Waals surface area contributed by atoms with Crippen molar-refractivity contribution in [2.24, 2.45) is 0 Å². The Morgan fingerprint density at radius 2 is 1.83 bits per heavy atom. The van der Waals surface area contributed by atoms with E-state index in [1.54, 1.807) is 0 Å². The van der Waals surface area contributed by atoms with Gasteiger partial charge in [0.05, 0.1) is 11.5 Å². The summed E-state index contributed by atoms with van der Waals surface area (Å²) in [5.41, 5.74) is 0. The monoisotopic (exact) mass is 105 g/mol. The average Bonchev–Trinajstić information content (AvgIpc) is 1.32. The first kappa shape index (κ1) is 4.12. The molecule has 35 valence electrons. The predicted octanol–water partition coefficient (Wildman–Crippen LogP) is -0.0333. The van der Waals surface area contributed by atoms with Gasteiger partial charge in [-0.1, -0.05) is 0 Å². The fraction of sp³-hybridized carbons (Fsp3) is 0.667. The van der Waals surface area contributed by atoms with Crippen LogP contribution in [0.1, 0.15) is 6.42 Å². The van der Waals surface area contributed by atoms with Gasteiger partial charge < -0.3 is 0 Å². The third kappa shape index (κ3) is 0.544. The first-order valence-corrected chi connectivity index (χ1v) is 3.48. The first-order chi connectivity index (χ1) is 2.71.